The number of amides is 1. The number of nitrogen functional groups attached to an aromatic ring is 1. The number of hydrogen-bond acceptors (Lipinski definition) is 7. The van der Waals surface area contributed by atoms with E-state index in [1.54, 1.807) is 13.1 Å². The molecule has 2 aromatic heterocycles. The van der Waals surface area contributed by atoms with E-state index in [2.05, 4.69) is 25.2 Å². The van der Waals surface area contributed by atoms with Gasteiger partial charge in [-0.1, -0.05) is 0 Å². The number of rotatable bonds is 5. The van der Waals surface area contributed by atoms with Gasteiger partial charge in [0.1, 0.15) is 11.6 Å². The van der Waals surface area contributed by atoms with Crippen molar-refractivity contribution in [3.63, 3.8) is 0 Å². The van der Waals surface area contributed by atoms with Crippen LogP contribution in [-0.4, -0.2) is 40.5 Å². The lowest BCUT2D eigenvalue weighted by atomic mass is 10.0. The van der Waals surface area contributed by atoms with Crippen molar-refractivity contribution in [3.05, 3.63) is 41.6 Å². The van der Waals surface area contributed by atoms with Crippen LogP contribution in [0.25, 0.3) is 10.9 Å². The maximum atomic E-state index is 13.4. The second kappa shape index (κ2) is 8.86. The average Bonchev–Trinajstić information content (AvgIpc) is 3.50. The van der Waals surface area contributed by atoms with Gasteiger partial charge < -0.3 is 16.0 Å². The van der Waals surface area contributed by atoms with Crippen molar-refractivity contribution >= 4 is 40.1 Å². The quantitative estimate of drug-likeness (QED) is 0.512. The molecule has 184 valence electrons. The van der Waals surface area contributed by atoms with E-state index in [4.69, 9.17) is 5.73 Å². The van der Waals surface area contributed by atoms with Crippen molar-refractivity contribution in [2.75, 3.05) is 40.5 Å². The Kier molecular flexibility index (Phi) is 5.86. The van der Waals surface area contributed by atoms with E-state index in [1.807, 2.05) is 6.07 Å². The van der Waals surface area contributed by atoms with E-state index in [1.165, 1.54) is 11.0 Å². The first kappa shape index (κ1) is 23.1. The molecule has 0 spiro atoms. The molecule has 2 fully saturated rings. The Labute approximate surface area is 200 Å². The topological polar surface area (TPSA) is 100 Å². The number of pyridine rings is 1. The smallest absolute Gasteiger partial charge is 0.399 e. The molecule has 0 saturated carbocycles. The minimum Gasteiger partial charge on any atom is -0.399 e. The maximum absolute atomic E-state index is 13.4. The highest BCUT2D eigenvalue weighted by atomic mass is 19.4. The number of nitrogens with two attached hydrogens (primary N) is 1. The summed E-state index contributed by atoms with van der Waals surface area (Å²) in [6, 6.07) is 4.86. The van der Waals surface area contributed by atoms with Gasteiger partial charge in [-0.2, -0.15) is 18.2 Å². The summed E-state index contributed by atoms with van der Waals surface area (Å²) < 4.78 is 40.1. The number of aromatic nitrogens is 3. The molecule has 2 aliphatic rings. The predicted octanol–water partition coefficient (Wildman–Crippen LogP) is 4.53. The zero-order valence-electron chi connectivity index (χ0n) is 19.3. The number of anilines is 4. The molecule has 35 heavy (non-hydrogen) atoms. The minimum atomic E-state index is -4.51. The largest absolute Gasteiger partial charge is 0.416 e. The molecule has 11 heteroatoms. The molecular weight excluding hydrogens is 459 g/mol. The number of nitrogens with one attached hydrogen (secondary N) is 1. The number of carbonyl (C=O) groups excluding carboxylic acids is 1. The number of fused-ring (bicyclic) bond motifs is 1. The van der Waals surface area contributed by atoms with E-state index in [0.717, 1.165) is 50.3 Å². The van der Waals surface area contributed by atoms with E-state index in [-0.39, 0.29) is 17.5 Å². The Bertz CT molecular complexity index is 1270. The number of nitrogens with zero attached hydrogens (tertiary/aromatic N) is 5. The average molecular weight is 486 g/mol. The van der Waals surface area contributed by atoms with Crippen molar-refractivity contribution in [2.45, 2.75) is 44.8 Å². The third kappa shape index (κ3) is 4.67. The molecule has 1 aromatic carbocycles. The fourth-order valence-corrected chi connectivity index (χ4v) is 4.60. The fraction of sp³-hybridized carbons (Fsp3) is 0.417. The number of halogens is 3. The Morgan fingerprint density at radius 1 is 1.06 bits per heavy atom. The molecule has 4 heterocycles. The molecule has 3 N–H and O–H groups in total. The SMILES string of the molecule is C[C@@H](Nc1nc(N2CCCC2=O)nc2cnc(N3CCCC3)cc12)c1cc(N)cc(C(F)(F)F)c1. The highest BCUT2D eigenvalue weighted by molar-refractivity contribution is 5.97. The molecule has 1 amide bonds. The van der Waals surface area contributed by atoms with Gasteiger partial charge >= 0.3 is 6.18 Å². The first-order valence-electron chi connectivity index (χ1n) is 11.7. The summed E-state index contributed by atoms with van der Waals surface area (Å²) in [5.74, 6) is 1.42. The molecule has 1 atom stereocenters. The third-order valence-electron chi connectivity index (χ3n) is 6.46. The molecule has 8 nitrogen and oxygen atoms in total. The van der Waals surface area contributed by atoms with Crippen LogP contribution in [0, 0.1) is 0 Å². The van der Waals surface area contributed by atoms with Crippen LogP contribution in [0.4, 0.5) is 36.4 Å². The molecule has 0 unspecified atom stereocenters. The molecule has 0 radical (unpaired) electrons. The van der Waals surface area contributed by atoms with Gasteiger partial charge in [0.25, 0.3) is 0 Å². The van der Waals surface area contributed by atoms with Crippen molar-refractivity contribution in [2.24, 2.45) is 0 Å². The van der Waals surface area contributed by atoms with E-state index >= 15 is 0 Å². The van der Waals surface area contributed by atoms with Crippen molar-refractivity contribution < 1.29 is 18.0 Å². The summed E-state index contributed by atoms with van der Waals surface area (Å²) in [7, 11) is 0. The second-order valence-corrected chi connectivity index (χ2v) is 9.03. The maximum Gasteiger partial charge on any atom is 0.416 e. The molecule has 5 rings (SSSR count). The second-order valence-electron chi connectivity index (χ2n) is 9.03. The summed E-state index contributed by atoms with van der Waals surface area (Å²) >= 11 is 0. The van der Waals surface area contributed by atoms with Gasteiger partial charge in [0.15, 0.2) is 0 Å². The zero-order chi connectivity index (χ0) is 24.7. The van der Waals surface area contributed by atoms with Gasteiger partial charge in [0.05, 0.1) is 23.3 Å². The van der Waals surface area contributed by atoms with Crippen LogP contribution in [-0.2, 0) is 11.0 Å². The van der Waals surface area contributed by atoms with Crippen LogP contribution < -0.4 is 20.9 Å². The van der Waals surface area contributed by atoms with Gasteiger partial charge in [-0.15, -0.1) is 0 Å². The van der Waals surface area contributed by atoms with Crippen molar-refractivity contribution in [1.82, 2.24) is 15.0 Å². The molecule has 0 bridgehead atoms. The standard InChI is InChI=1S/C24H26F3N7O/c1-14(15-9-16(24(25,26)27)11-17(28)10-15)30-22-18-12-20(33-6-2-3-7-33)29-13-19(18)31-23(32-22)34-8-4-5-21(34)35/h9-14H,2-8,28H2,1H3,(H,30,31,32)/t14-/m1/s1. The lowest BCUT2D eigenvalue weighted by Crippen LogP contribution is -2.26. The van der Waals surface area contributed by atoms with Gasteiger partial charge in [-0.05, 0) is 56.0 Å². The molecule has 0 aliphatic carbocycles. The Morgan fingerprint density at radius 3 is 2.51 bits per heavy atom. The summed E-state index contributed by atoms with van der Waals surface area (Å²) in [6.45, 7) is 4.07. The predicted molar refractivity (Wildman–Crippen MR) is 128 cm³/mol. The van der Waals surface area contributed by atoms with Crippen molar-refractivity contribution in [1.29, 1.82) is 0 Å². The highest BCUT2D eigenvalue weighted by Crippen LogP contribution is 2.35. The van der Waals surface area contributed by atoms with E-state index in [0.29, 0.717) is 35.2 Å². The van der Waals surface area contributed by atoms with Crippen LogP contribution in [0.5, 0.6) is 0 Å². The van der Waals surface area contributed by atoms with Crippen LogP contribution >= 0.6 is 0 Å². The van der Waals surface area contributed by atoms with Crippen LogP contribution in [0.15, 0.2) is 30.5 Å². The first-order valence-corrected chi connectivity index (χ1v) is 11.7. The van der Waals surface area contributed by atoms with Gasteiger partial charge in [0.2, 0.25) is 11.9 Å². The lowest BCUT2D eigenvalue weighted by molar-refractivity contribution is -0.137. The van der Waals surface area contributed by atoms with E-state index in [9.17, 15) is 18.0 Å². The summed E-state index contributed by atoms with van der Waals surface area (Å²) in [5.41, 5.74) is 5.92. The molecular formula is C24H26F3N7O. The van der Waals surface area contributed by atoms with E-state index < -0.39 is 17.8 Å². The molecule has 3 aromatic rings. The van der Waals surface area contributed by atoms with Gasteiger partial charge in [-0.3, -0.25) is 9.69 Å². The Hall–Kier alpha value is -3.63. The normalized spacial score (nSPS) is 17.4. The number of alkyl halides is 3. The van der Waals surface area contributed by atoms with Gasteiger partial charge in [-0.25, -0.2) is 9.97 Å². The number of carbonyl (C=O) groups is 1. The summed E-state index contributed by atoms with van der Waals surface area (Å²) in [4.78, 5) is 29.8. The lowest BCUT2D eigenvalue weighted by Gasteiger charge is -2.22. The molecule has 2 aliphatic heterocycles. The zero-order valence-corrected chi connectivity index (χ0v) is 19.3. The summed E-state index contributed by atoms with van der Waals surface area (Å²) in [5, 5.41) is 3.93. The monoisotopic (exact) mass is 485 g/mol. The summed E-state index contributed by atoms with van der Waals surface area (Å²) in [6.07, 6.45) is 0.472. The highest BCUT2D eigenvalue weighted by Gasteiger charge is 2.32. The van der Waals surface area contributed by atoms with Crippen molar-refractivity contribution in [3.8, 4) is 0 Å². The third-order valence-corrected chi connectivity index (χ3v) is 6.46. The fourth-order valence-electron chi connectivity index (χ4n) is 4.60. The Morgan fingerprint density at radius 2 is 1.83 bits per heavy atom. The van der Waals surface area contributed by atoms with Crippen LogP contribution in [0.3, 0.4) is 0 Å². The Balaban J connectivity index is 1.56. The minimum absolute atomic E-state index is 0.0277. The van der Waals surface area contributed by atoms with Crippen LogP contribution in [0.2, 0.25) is 0 Å². The number of hydrogen-bond donors (Lipinski definition) is 2. The first-order chi connectivity index (χ1) is 16.7. The van der Waals surface area contributed by atoms with Gasteiger partial charge in [0, 0.05) is 37.1 Å². The van der Waals surface area contributed by atoms with Crippen LogP contribution in [0.1, 0.15) is 49.8 Å². The number of benzene rings is 1. The molecule has 2 saturated heterocycles.